The molecule has 0 aliphatic carbocycles. The second-order valence-electron chi connectivity index (χ2n) is 5.85. The predicted molar refractivity (Wildman–Crippen MR) is 111 cm³/mol. The van der Waals surface area contributed by atoms with Crippen molar-refractivity contribution in [1.82, 2.24) is 0 Å². The summed E-state index contributed by atoms with van der Waals surface area (Å²) in [4.78, 5) is 24.3. The summed E-state index contributed by atoms with van der Waals surface area (Å²) in [6.07, 6.45) is 1.39. The molecule has 2 rings (SSSR count). The van der Waals surface area contributed by atoms with Crippen LogP contribution in [0, 0.1) is 11.3 Å². The van der Waals surface area contributed by atoms with Gasteiger partial charge in [0.05, 0.1) is 33.5 Å². The molecule has 1 amide bonds. The summed E-state index contributed by atoms with van der Waals surface area (Å²) < 4.78 is 20.8. The highest BCUT2D eigenvalue weighted by atomic mass is 16.5. The molecule has 2 aromatic rings. The Morgan fingerprint density at radius 1 is 1.00 bits per heavy atom. The highest BCUT2D eigenvalue weighted by Gasteiger charge is 2.17. The molecule has 8 nitrogen and oxygen atoms in total. The van der Waals surface area contributed by atoms with E-state index in [0.29, 0.717) is 34.1 Å². The molecule has 0 radical (unpaired) electrons. The molecule has 0 saturated carbocycles. The van der Waals surface area contributed by atoms with Crippen LogP contribution in [0.1, 0.15) is 22.8 Å². The highest BCUT2D eigenvalue weighted by Crippen LogP contribution is 2.40. The van der Waals surface area contributed by atoms with Crippen LogP contribution in [0.5, 0.6) is 17.2 Å². The summed E-state index contributed by atoms with van der Waals surface area (Å²) in [5.41, 5.74) is 1.11. The van der Waals surface area contributed by atoms with E-state index in [1.165, 1.54) is 39.5 Å². The molecule has 0 unspecified atom stereocenters. The Hall–Kier alpha value is -3.99. The fraction of sp³-hybridized carbons (Fsp3) is 0.227. The van der Waals surface area contributed by atoms with Gasteiger partial charge in [0, 0.05) is 11.3 Å². The van der Waals surface area contributed by atoms with E-state index in [4.69, 9.17) is 18.9 Å². The quantitative estimate of drug-likeness (QED) is 0.404. The lowest BCUT2D eigenvalue weighted by atomic mass is 10.1. The SMILES string of the molecule is CCOC(=O)c1ccc(NC(=O)/C(C#N)=C\c2ccc(OC)c(OC)c2OC)cc1. The summed E-state index contributed by atoms with van der Waals surface area (Å²) in [6, 6.07) is 11.3. The van der Waals surface area contributed by atoms with Crippen LogP contribution in [0.2, 0.25) is 0 Å². The molecule has 30 heavy (non-hydrogen) atoms. The standard InChI is InChI=1S/C22H22N2O6/c1-5-30-22(26)14-6-9-17(10-7-14)24-21(25)16(13-23)12-15-8-11-18(27-2)20(29-4)19(15)28-3/h6-12H,5H2,1-4H3,(H,24,25)/b16-12-. The van der Waals surface area contributed by atoms with Crippen LogP contribution < -0.4 is 19.5 Å². The molecule has 1 N–H and O–H groups in total. The lowest BCUT2D eigenvalue weighted by Gasteiger charge is -2.14. The smallest absolute Gasteiger partial charge is 0.338 e. The Kier molecular flexibility index (Phi) is 7.82. The van der Waals surface area contributed by atoms with Gasteiger partial charge in [-0.3, -0.25) is 4.79 Å². The maximum absolute atomic E-state index is 12.6. The van der Waals surface area contributed by atoms with Gasteiger partial charge in [0.1, 0.15) is 11.6 Å². The number of hydrogen-bond donors (Lipinski definition) is 1. The Labute approximate surface area is 174 Å². The van der Waals surface area contributed by atoms with Crippen LogP contribution >= 0.6 is 0 Å². The number of hydrogen-bond acceptors (Lipinski definition) is 7. The molecule has 0 atom stereocenters. The third kappa shape index (κ3) is 5.08. The van der Waals surface area contributed by atoms with E-state index in [0.717, 1.165) is 0 Å². The van der Waals surface area contributed by atoms with Crippen molar-refractivity contribution in [3.63, 3.8) is 0 Å². The average Bonchev–Trinajstić information content (AvgIpc) is 2.77. The fourth-order valence-corrected chi connectivity index (χ4v) is 2.64. The van der Waals surface area contributed by atoms with Crippen LogP contribution in [0.25, 0.3) is 6.08 Å². The van der Waals surface area contributed by atoms with Crippen LogP contribution in [-0.4, -0.2) is 39.8 Å². The van der Waals surface area contributed by atoms with E-state index >= 15 is 0 Å². The van der Waals surface area contributed by atoms with Gasteiger partial charge in [-0.25, -0.2) is 4.79 Å². The first-order valence-corrected chi connectivity index (χ1v) is 8.98. The second-order valence-corrected chi connectivity index (χ2v) is 5.85. The molecule has 0 saturated heterocycles. The molecule has 0 fully saturated rings. The van der Waals surface area contributed by atoms with Crippen molar-refractivity contribution in [3.05, 3.63) is 53.1 Å². The highest BCUT2D eigenvalue weighted by molar-refractivity contribution is 6.10. The third-order valence-corrected chi connectivity index (χ3v) is 4.05. The molecular weight excluding hydrogens is 388 g/mol. The first kappa shape index (κ1) is 22.3. The molecule has 156 valence electrons. The molecule has 0 bridgehead atoms. The Bertz CT molecular complexity index is 990. The fourth-order valence-electron chi connectivity index (χ4n) is 2.64. The molecule has 2 aromatic carbocycles. The van der Waals surface area contributed by atoms with Gasteiger partial charge in [0.25, 0.3) is 5.91 Å². The van der Waals surface area contributed by atoms with Crippen molar-refractivity contribution < 1.29 is 28.5 Å². The van der Waals surface area contributed by atoms with Crippen molar-refractivity contribution in [2.75, 3.05) is 33.3 Å². The largest absolute Gasteiger partial charge is 0.493 e. The van der Waals surface area contributed by atoms with E-state index in [1.54, 1.807) is 31.2 Å². The second kappa shape index (κ2) is 10.5. The number of benzene rings is 2. The number of nitriles is 1. The summed E-state index contributed by atoms with van der Waals surface area (Å²) in [5.74, 6) is 0.0695. The van der Waals surface area contributed by atoms with Gasteiger partial charge in [0.15, 0.2) is 11.5 Å². The number of carbonyl (C=O) groups excluding carboxylic acids is 2. The van der Waals surface area contributed by atoms with Gasteiger partial charge < -0.3 is 24.3 Å². The topological polar surface area (TPSA) is 107 Å². The molecule has 0 spiro atoms. The summed E-state index contributed by atoms with van der Waals surface area (Å²) in [5, 5.41) is 12.1. The number of methoxy groups -OCH3 is 3. The molecule has 0 aromatic heterocycles. The van der Waals surface area contributed by atoms with Gasteiger partial charge in [0.2, 0.25) is 5.75 Å². The number of nitrogens with zero attached hydrogens (tertiary/aromatic N) is 1. The number of esters is 1. The van der Waals surface area contributed by atoms with E-state index in [-0.39, 0.29) is 12.2 Å². The van der Waals surface area contributed by atoms with E-state index in [2.05, 4.69) is 5.32 Å². The Morgan fingerprint density at radius 3 is 2.20 bits per heavy atom. The monoisotopic (exact) mass is 410 g/mol. The molecule has 0 heterocycles. The van der Waals surface area contributed by atoms with Crippen molar-refractivity contribution in [3.8, 4) is 23.3 Å². The maximum Gasteiger partial charge on any atom is 0.338 e. The van der Waals surface area contributed by atoms with Gasteiger partial charge in [-0.1, -0.05) is 0 Å². The van der Waals surface area contributed by atoms with Crippen LogP contribution in [0.15, 0.2) is 42.0 Å². The zero-order valence-electron chi connectivity index (χ0n) is 17.1. The van der Waals surface area contributed by atoms with Crippen LogP contribution in [-0.2, 0) is 9.53 Å². The summed E-state index contributed by atoms with van der Waals surface area (Å²) in [7, 11) is 4.41. The minimum atomic E-state index is -0.613. The van der Waals surface area contributed by atoms with Gasteiger partial charge >= 0.3 is 5.97 Å². The molecule has 0 aliphatic heterocycles. The van der Waals surface area contributed by atoms with Gasteiger partial charge in [-0.15, -0.1) is 0 Å². The van der Waals surface area contributed by atoms with Crippen LogP contribution in [0.4, 0.5) is 5.69 Å². The number of amides is 1. The lowest BCUT2D eigenvalue weighted by Crippen LogP contribution is -2.14. The number of anilines is 1. The Balaban J connectivity index is 2.28. The molecule has 8 heteroatoms. The van der Waals surface area contributed by atoms with Crippen molar-refractivity contribution in [2.24, 2.45) is 0 Å². The Morgan fingerprint density at radius 2 is 1.67 bits per heavy atom. The first-order valence-electron chi connectivity index (χ1n) is 8.98. The lowest BCUT2D eigenvalue weighted by molar-refractivity contribution is -0.112. The number of rotatable bonds is 8. The van der Waals surface area contributed by atoms with Gasteiger partial charge in [-0.2, -0.15) is 5.26 Å². The van der Waals surface area contributed by atoms with Crippen molar-refractivity contribution >= 4 is 23.6 Å². The van der Waals surface area contributed by atoms with Crippen molar-refractivity contribution in [2.45, 2.75) is 6.92 Å². The average molecular weight is 410 g/mol. The maximum atomic E-state index is 12.6. The van der Waals surface area contributed by atoms with Crippen LogP contribution in [0.3, 0.4) is 0 Å². The summed E-state index contributed by atoms with van der Waals surface area (Å²) in [6.45, 7) is 1.99. The predicted octanol–water partition coefficient (Wildman–Crippen LogP) is 3.43. The number of ether oxygens (including phenoxy) is 4. The third-order valence-electron chi connectivity index (χ3n) is 4.05. The number of nitrogens with one attached hydrogen (secondary N) is 1. The molecular formula is C22H22N2O6. The van der Waals surface area contributed by atoms with E-state index < -0.39 is 11.9 Å². The minimum absolute atomic E-state index is 0.144. The first-order chi connectivity index (χ1) is 14.5. The minimum Gasteiger partial charge on any atom is -0.493 e. The van der Waals surface area contributed by atoms with E-state index in [9.17, 15) is 14.9 Å². The van der Waals surface area contributed by atoms with E-state index in [1.807, 2.05) is 6.07 Å². The molecule has 0 aliphatic rings. The summed E-state index contributed by atoms with van der Waals surface area (Å²) >= 11 is 0. The normalized spacial score (nSPS) is 10.6. The zero-order valence-corrected chi connectivity index (χ0v) is 17.1. The van der Waals surface area contributed by atoms with Crippen molar-refractivity contribution in [1.29, 1.82) is 5.26 Å². The van der Waals surface area contributed by atoms with Gasteiger partial charge in [-0.05, 0) is 49.4 Å². The number of carbonyl (C=O) groups is 2. The zero-order chi connectivity index (χ0) is 22.1.